The molecule has 0 saturated heterocycles. The molecule has 3 unspecified atom stereocenters. The monoisotopic (exact) mass is 306 g/mol. The van der Waals surface area contributed by atoms with Crippen LogP contribution in [0.15, 0.2) is 0 Å². The van der Waals surface area contributed by atoms with Crippen LogP contribution in [0.1, 0.15) is 66.2 Å². The Morgan fingerprint density at radius 3 is 2.15 bits per heavy atom. The van der Waals surface area contributed by atoms with Gasteiger partial charge in [-0.1, -0.05) is 47.0 Å². The summed E-state index contributed by atoms with van der Waals surface area (Å²) in [5.41, 5.74) is 10.4. The van der Waals surface area contributed by atoms with Crippen molar-refractivity contribution in [1.29, 1.82) is 0 Å². The normalized spacial score (nSPS) is 14.2. The van der Waals surface area contributed by atoms with Crippen molar-refractivity contribution in [3.63, 3.8) is 0 Å². The van der Waals surface area contributed by atoms with E-state index >= 15 is 0 Å². The van der Waals surface area contributed by atoms with E-state index in [-0.39, 0.29) is 0 Å². The molecule has 5 heteroatoms. The van der Waals surface area contributed by atoms with Crippen LogP contribution < -0.4 is 11.5 Å². The summed E-state index contributed by atoms with van der Waals surface area (Å²) in [7, 11) is 2.93. The van der Waals surface area contributed by atoms with Gasteiger partial charge in [0.25, 0.3) is 0 Å². The summed E-state index contributed by atoms with van der Waals surface area (Å²) in [4.78, 5) is 10.1. The minimum atomic E-state index is -0.933. The molecular weight excluding hydrogens is 271 g/mol. The molecular formula is C15H35N2O2P. The van der Waals surface area contributed by atoms with E-state index < -0.39 is 12.0 Å². The van der Waals surface area contributed by atoms with E-state index in [0.717, 1.165) is 18.8 Å². The smallest absolute Gasteiger partial charge is 0.320 e. The topological polar surface area (TPSA) is 89.3 Å². The number of hydrogen-bond donors (Lipinski definition) is 3. The Kier molecular flexibility index (Phi) is 13.9. The van der Waals surface area contributed by atoms with Crippen LogP contribution in [-0.2, 0) is 4.79 Å². The third-order valence-electron chi connectivity index (χ3n) is 3.55. The summed E-state index contributed by atoms with van der Waals surface area (Å²) in [5, 5.41) is 8.75. The number of hydrogen-bond acceptors (Lipinski definition) is 3. The lowest BCUT2D eigenvalue weighted by atomic mass is 9.92. The zero-order valence-corrected chi connectivity index (χ0v) is 14.8. The zero-order valence-electron chi connectivity index (χ0n) is 13.7. The molecule has 0 rings (SSSR count). The summed E-state index contributed by atoms with van der Waals surface area (Å²) in [6.07, 6.45) is 6.23. The first-order valence-corrected chi connectivity index (χ1v) is 8.21. The van der Waals surface area contributed by atoms with Crippen molar-refractivity contribution in [2.75, 3.05) is 6.54 Å². The minimum Gasteiger partial charge on any atom is -0.480 e. The third-order valence-corrected chi connectivity index (χ3v) is 4.12. The molecule has 0 aromatic carbocycles. The van der Waals surface area contributed by atoms with Crippen LogP contribution in [0.5, 0.6) is 0 Å². The predicted molar refractivity (Wildman–Crippen MR) is 91.0 cm³/mol. The van der Waals surface area contributed by atoms with Gasteiger partial charge < -0.3 is 16.6 Å². The summed E-state index contributed by atoms with van der Waals surface area (Å²) in [6.45, 7) is 9.77. The van der Waals surface area contributed by atoms with Crippen LogP contribution in [0.25, 0.3) is 0 Å². The van der Waals surface area contributed by atoms with Crippen molar-refractivity contribution in [2.45, 2.75) is 77.4 Å². The number of nitrogens with two attached hydrogens (primary N) is 2. The van der Waals surface area contributed by atoms with E-state index in [4.69, 9.17) is 16.6 Å². The van der Waals surface area contributed by atoms with Crippen molar-refractivity contribution in [1.82, 2.24) is 0 Å². The van der Waals surface area contributed by atoms with Gasteiger partial charge in [-0.25, -0.2) is 0 Å². The van der Waals surface area contributed by atoms with Gasteiger partial charge in [-0.05, 0) is 36.9 Å². The maximum atomic E-state index is 10.1. The van der Waals surface area contributed by atoms with Gasteiger partial charge in [0.1, 0.15) is 6.04 Å². The quantitative estimate of drug-likeness (QED) is 0.451. The Morgan fingerprint density at radius 2 is 1.80 bits per heavy atom. The molecule has 0 bridgehead atoms. The fourth-order valence-electron chi connectivity index (χ4n) is 1.51. The first-order valence-electron chi connectivity index (χ1n) is 7.64. The summed E-state index contributed by atoms with van der Waals surface area (Å²) < 4.78 is 0. The van der Waals surface area contributed by atoms with Crippen molar-refractivity contribution in [2.24, 2.45) is 17.4 Å². The molecule has 5 N–H and O–H groups in total. The first kappa shape index (κ1) is 22.1. The molecule has 0 aliphatic heterocycles. The molecule has 4 nitrogen and oxygen atoms in total. The first-order chi connectivity index (χ1) is 9.16. The van der Waals surface area contributed by atoms with Crippen molar-refractivity contribution in [3.8, 4) is 0 Å². The molecule has 3 atom stereocenters. The molecule has 0 radical (unpaired) electrons. The molecule has 0 aromatic rings. The molecule has 0 fully saturated rings. The number of carbonyl (C=O) groups is 1. The van der Waals surface area contributed by atoms with Crippen LogP contribution in [0.3, 0.4) is 0 Å². The summed E-state index contributed by atoms with van der Waals surface area (Å²) >= 11 is 0. The van der Waals surface area contributed by atoms with E-state index in [2.05, 4.69) is 36.9 Å². The molecule has 0 spiro atoms. The number of aliphatic carboxylic acids is 1. The van der Waals surface area contributed by atoms with Gasteiger partial charge in [-0.3, -0.25) is 4.79 Å². The number of unbranched alkanes of at least 4 members (excludes halogenated alkanes) is 2. The second-order valence-corrected chi connectivity index (χ2v) is 7.58. The molecule has 0 aliphatic rings. The highest BCUT2D eigenvalue weighted by molar-refractivity contribution is 7.18. The lowest BCUT2D eigenvalue weighted by molar-refractivity contribution is -0.138. The van der Waals surface area contributed by atoms with Crippen LogP contribution in [-0.4, -0.2) is 28.8 Å². The summed E-state index contributed by atoms with van der Waals surface area (Å²) in [6, 6.07) is -0.716. The van der Waals surface area contributed by atoms with Gasteiger partial charge in [0.05, 0.1) is 0 Å². The van der Waals surface area contributed by atoms with Gasteiger partial charge in [0.15, 0.2) is 0 Å². The average Bonchev–Trinajstić information content (AvgIpc) is 2.35. The Morgan fingerprint density at radius 1 is 1.25 bits per heavy atom. The average molecular weight is 306 g/mol. The largest absolute Gasteiger partial charge is 0.480 e. The van der Waals surface area contributed by atoms with Gasteiger partial charge in [-0.15, -0.1) is 9.24 Å². The van der Waals surface area contributed by atoms with E-state index in [9.17, 15) is 4.79 Å². The number of carboxylic acid groups (broad SMARTS) is 1. The van der Waals surface area contributed by atoms with Crippen molar-refractivity contribution < 1.29 is 9.90 Å². The maximum Gasteiger partial charge on any atom is 0.320 e. The van der Waals surface area contributed by atoms with Crippen molar-refractivity contribution in [3.05, 3.63) is 0 Å². The predicted octanol–water partition coefficient (Wildman–Crippen LogP) is 2.99. The molecule has 0 heterocycles. The lowest BCUT2D eigenvalue weighted by Gasteiger charge is -2.26. The molecule has 0 aromatic heterocycles. The van der Waals surface area contributed by atoms with Crippen LogP contribution in [0.4, 0.5) is 0 Å². The second kappa shape index (κ2) is 12.6. The summed E-state index contributed by atoms with van der Waals surface area (Å²) in [5.74, 6) is -0.102. The fraction of sp³-hybridized carbons (Fsp3) is 0.933. The van der Waals surface area contributed by atoms with Gasteiger partial charge >= 0.3 is 5.97 Å². The molecule has 0 aliphatic carbocycles. The SMILES string of the molecule is CCCCC(C)C(C)(C)P.NCCCCC(N)C(=O)O. The number of carboxylic acids is 1. The standard InChI is InChI=1S/C9H21P.C6H14N2O2/c1-5-6-7-8(2)9(3,4)10;7-4-2-1-3-5(8)6(9)10/h8H,5-7,10H2,1-4H3;5H,1-4,7-8H2,(H,9,10). The van der Waals surface area contributed by atoms with Crippen LogP contribution in [0.2, 0.25) is 0 Å². The van der Waals surface area contributed by atoms with Gasteiger partial charge in [0, 0.05) is 0 Å². The Hall–Kier alpha value is -0.180. The Labute approximate surface area is 127 Å². The third kappa shape index (κ3) is 14.2. The highest BCUT2D eigenvalue weighted by Gasteiger charge is 2.18. The number of rotatable bonds is 9. The van der Waals surface area contributed by atoms with Gasteiger partial charge in [-0.2, -0.15) is 0 Å². The zero-order chi connectivity index (χ0) is 16.2. The molecule has 122 valence electrons. The Bertz CT molecular complexity index is 243. The molecule has 0 amide bonds. The van der Waals surface area contributed by atoms with E-state index in [0.29, 0.717) is 18.1 Å². The van der Waals surface area contributed by atoms with Crippen molar-refractivity contribution >= 4 is 15.2 Å². The minimum absolute atomic E-state index is 0.426. The van der Waals surface area contributed by atoms with Gasteiger partial charge in [0.2, 0.25) is 0 Å². The fourth-order valence-corrected chi connectivity index (χ4v) is 1.68. The van der Waals surface area contributed by atoms with E-state index in [1.165, 1.54) is 19.3 Å². The second-order valence-electron chi connectivity index (χ2n) is 6.09. The highest BCUT2D eigenvalue weighted by atomic mass is 31.0. The van der Waals surface area contributed by atoms with Crippen LogP contribution in [0, 0.1) is 5.92 Å². The van der Waals surface area contributed by atoms with E-state index in [1.54, 1.807) is 0 Å². The highest BCUT2D eigenvalue weighted by Crippen LogP contribution is 2.30. The van der Waals surface area contributed by atoms with Crippen LogP contribution >= 0.6 is 9.24 Å². The Balaban J connectivity index is 0. The molecule has 20 heavy (non-hydrogen) atoms. The maximum absolute atomic E-state index is 10.1. The lowest BCUT2D eigenvalue weighted by Crippen LogP contribution is -2.29. The molecule has 0 saturated carbocycles. The van der Waals surface area contributed by atoms with E-state index in [1.807, 2.05) is 0 Å².